The Balaban J connectivity index is 2.02. The second-order valence-corrected chi connectivity index (χ2v) is 11.6. The average Bonchev–Trinajstić information content (AvgIpc) is 3.30. The van der Waals surface area contributed by atoms with E-state index in [2.05, 4.69) is 15.5 Å². The van der Waals surface area contributed by atoms with Crippen LogP contribution in [0.25, 0.3) is 0 Å². The average molecular weight is 703 g/mol. The molecule has 1 aromatic rings. The predicted octanol–water partition coefficient (Wildman–Crippen LogP) is 4.20. The number of hydrogen-bond acceptors (Lipinski definition) is 12. The van der Waals surface area contributed by atoms with Crippen molar-refractivity contribution in [1.82, 2.24) is 5.32 Å². The zero-order valence-corrected chi connectivity index (χ0v) is 27.5. The Morgan fingerprint density at radius 3 is 2.53 bits per heavy atom. The Hall–Kier alpha value is -4.02. The Kier molecular flexibility index (Phi) is 18.3. The molecule has 16 heteroatoms. The number of amides is 1. The van der Waals surface area contributed by atoms with E-state index in [0.29, 0.717) is 19.3 Å². The summed E-state index contributed by atoms with van der Waals surface area (Å²) in [5, 5.41) is 25.9. The third-order valence-electron chi connectivity index (χ3n) is 7.27. The molecular formula is C33H45F3N2O11. The highest BCUT2D eigenvalue weighted by molar-refractivity contribution is 5.78. The second-order valence-electron chi connectivity index (χ2n) is 11.6. The summed E-state index contributed by atoms with van der Waals surface area (Å²) in [6.07, 6.45) is 0.960. The van der Waals surface area contributed by atoms with Crippen LogP contribution in [0.15, 0.2) is 53.9 Å². The largest absolute Gasteiger partial charge is 0.489 e. The van der Waals surface area contributed by atoms with Gasteiger partial charge in [0.1, 0.15) is 25.6 Å². The summed E-state index contributed by atoms with van der Waals surface area (Å²) in [5.41, 5.74) is -0.920. The number of aliphatic hydroxyl groups excluding tert-OH is 2. The first kappa shape index (κ1) is 41.2. The molecule has 274 valence electrons. The smallest absolute Gasteiger partial charge is 0.416 e. The first-order valence-electron chi connectivity index (χ1n) is 16.0. The van der Waals surface area contributed by atoms with Crippen LogP contribution >= 0.6 is 0 Å². The fraction of sp³-hybridized carbons (Fsp3) is 0.606. The van der Waals surface area contributed by atoms with Crippen molar-refractivity contribution in [2.24, 2.45) is 17.2 Å². The van der Waals surface area contributed by atoms with Gasteiger partial charge in [0.25, 0.3) is 0 Å². The van der Waals surface area contributed by atoms with Crippen molar-refractivity contribution in [1.29, 1.82) is 0 Å². The summed E-state index contributed by atoms with van der Waals surface area (Å²) >= 11 is 0. The van der Waals surface area contributed by atoms with Gasteiger partial charge in [-0.05, 0) is 63.3 Å². The van der Waals surface area contributed by atoms with E-state index in [-0.39, 0.29) is 76.0 Å². The van der Waals surface area contributed by atoms with E-state index in [0.717, 1.165) is 12.1 Å². The number of allylic oxidation sites excluding steroid dienone is 2. The van der Waals surface area contributed by atoms with Crippen LogP contribution < -0.4 is 10.1 Å². The number of nitrogens with one attached hydrogen (secondary N) is 1. The highest BCUT2D eigenvalue weighted by Gasteiger charge is 2.39. The summed E-state index contributed by atoms with van der Waals surface area (Å²) in [4.78, 5) is 50.3. The van der Waals surface area contributed by atoms with E-state index in [9.17, 15) is 42.7 Å². The third-order valence-corrected chi connectivity index (χ3v) is 7.27. The number of unbranched alkanes of at least 4 members (excludes halogenated alkanes) is 1. The maximum absolute atomic E-state index is 13.2. The molecule has 1 aromatic carbocycles. The van der Waals surface area contributed by atoms with Crippen molar-refractivity contribution in [3.05, 3.63) is 59.0 Å². The summed E-state index contributed by atoms with van der Waals surface area (Å²) in [6, 6.07) is 4.21. The van der Waals surface area contributed by atoms with Crippen LogP contribution in [-0.4, -0.2) is 85.4 Å². The van der Waals surface area contributed by atoms with Crippen LogP contribution in [-0.2, 0) is 39.6 Å². The Bertz CT molecular complexity index is 1240. The Labute approximate surface area is 282 Å². The van der Waals surface area contributed by atoms with Gasteiger partial charge in [0.15, 0.2) is 11.4 Å². The van der Waals surface area contributed by atoms with Crippen molar-refractivity contribution in [2.45, 2.75) is 83.0 Å². The molecule has 0 bridgehead atoms. The molecule has 1 saturated carbocycles. The quantitative estimate of drug-likeness (QED) is 0.0519. The maximum Gasteiger partial charge on any atom is 0.416 e. The molecule has 3 N–H and O–H groups in total. The van der Waals surface area contributed by atoms with Crippen molar-refractivity contribution in [3.63, 3.8) is 0 Å². The molecule has 1 aliphatic carbocycles. The molecule has 0 unspecified atom stereocenters. The van der Waals surface area contributed by atoms with E-state index < -0.39 is 47.8 Å². The molecule has 13 nitrogen and oxygen atoms in total. The van der Waals surface area contributed by atoms with Crippen LogP contribution in [0.5, 0.6) is 5.75 Å². The topological polar surface area (TPSA) is 179 Å². The first-order valence-corrected chi connectivity index (χ1v) is 16.0. The standard InChI is InChI=1S/C33H45F3N2O11/c1-22(2)48-31(42)11-6-4-3-5-10-26-27(29(40)19-28(26)39)13-12-25(20-46-24-9-7-8-23(18-24)33(34,35)36)49-32(43)14-15-37-30(41)21-45-16-17-47-38-44/h3,5,7-9,12-13,18,22,25-29,39-40H,4,6,10-11,14-17,19-21H2,1-2H3,(H,37,41)/b5-3-,13-12+/t25-,26-,27-,28+,29-/m1/s1. The van der Waals surface area contributed by atoms with Gasteiger partial charge >= 0.3 is 18.1 Å². The zero-order chi connectivity index (χ0) is 36.2. The van der Waals surface area contributed by atoms with E-state index in [1.807, 2.05) is 12.2 Å². The minimum Gasteiger partial charge on any atom is -0.489 e. The lowest BCUT2D eigenvalue weighted by atomic mass is 9.89. The fourth-order valence-corrected chi connectivity index (χ4v) is 4.97. The van der Waals surface area contributed by atoms with Crippen molar-refractivity contribution >= 4 is 17.8 Å². The fourth-order valence-electron chi connectivity index (χ4n) is 4.97. The predicted molar refractivity (Wildman–Crippen MR) is 169 cm³/mol. The molecule has 0 saturated heterocycles. The molecular weight excluding hydrogens is 657 g/mol. The molecule has 0 spiro atoms. The summed E-state index contributed by atoms with van der Waals surface area (Å²) < 4.78 is 60.7. The minimum atomic E-state index is -4.59. The molecule has 1 aliphatic rings. The van der Waals surface area contributed by atoms with Crippen LogP contribution in [0.4, 0.5) is 13.2 Å². The van der Waals surface area contributed by atoms with Gasteiger partial charge in [-0.25, -0.2) is 0 Å². The SMILES string of the molecule is CC(C)OC(=O)CCC/C=C\C[C@@H]1[C@@H](/C=C/[C@H](COc2cccc(C(F)(F)F)c2)OC(=O)CCNC(=O)COCCON=O)[C@H](O)C[C@@H]1O. The molecule has 5 atom stereocenters. The van der Waals surface area contributed by atoms with E-state index in [1.165, 1.54) is 18.2 Å². The number of hydrogen-bond donors (Lipinski definition) is 3. The Morgan fingerprint density at radius 2 is 1.82 bits per heavy atom. The number of benzene rings is 1. The Morgan fingerprint density at radius 1 is 1.06 bits per heavy atom. The van der Waals surface area contributed by atoms with E-state index in [1.54, 1.807) is 19.9 Å². The van der Waals surface area contributed by atoms with Crippen molar-refractivity contribution < 1.29 is 61.6 Å². The molecule has 1 amide bonds. The minimum absolute atomic E-state index is 0.0540. The summed E-state index contributed by atoms with van der Waals surface area (Å²) in [6.45, 7) is 2.53. The number of alkyl halides is 3. The number of ether oxygens (including phenoxy) is 4. The van der Waals surface area contributed by atoms with Gasteiger partial charge in [0, 0.05) is 25.3 Å². The van der Waals surface area contributed by atoms with Gasteiger partial charge in [-0.3, -0.25) is 14.4 Å². The third kappa shape index (κ3) is 16.8. The molecule has 0 radical (unpaired) electrons. The summed E-state index contributed by atoms with van der Waals surface area (Å²) in [5.74, 6) is -2.60. The number of rotatable bonds is 22. The number of halogens is 3. The van der Waals surface area contributed by atoms with Crippen LogP contribution in [0.3, 0.4) is 0 Å². The monoisotopic (exact) mass is 702 g/mol. The molecule has 2 rings (SSSR count). The molecule has 0 aromatic heterocycles. The lowest BCUT2D eigenvalue weighted by molar-refractivity contribution is -0.148. The lowest BCUT2D eigenvalue weighted by Gasteiger charge is -2.21. The second kappa shape index (κ2) is 21.8. The van der Waals surface area contributed by atoms with Crippen molar-refractivity contribution in [3.8, 4) is 5.75 Å². The van der Waals surface area contributed by atoms with Gasteiger partial charge in [-0.1, -0.05) is 24.3 Å². The molecule has 0 aliphatic heterocycles. The van der Waals surface area contributed by atoms with Gasteiger partial charge in [0.05, 0.1) is 36.9 Å². The zero-order valence-electron chi connectivity index (χ0n) is 27.5. The molecule has 49 heavy (non-hydrogen) atoms. The number of esters is 2. The van der Waals surface area contributed by atoms with Gasteiger partial charge in [-0.15, -0.1) is 4.91 Å². The van der Waals surface area contributed by atoms with Gasteiger partial charge in [-0.2, -0.15) is 13.2 Å². The van der Waals surface area contributed by atoms with Gasteiger partial charge in [0.2, 0.25) is 5.91 Å². The highest BCUT2D eigenvalue weighted by Crippen LogP contribution is 2.36. The maximum atomic E-state index is 13.2. The highest BCUT2D eigenvalue weighted by atomic mass is 19.4. The lowest BCUT2D eigenvalue weighted by Crippen LogP contribution is -2.31. The first-order chi connectivity index (χ1) is 23.3. The van der Waals surface area contributed by atoms with E-state index in [4.69, 9.17) is 18.9 Å². The molecule has 1 fully saturated rings. The van der Waals surface area contributed by atoms with Crippen molar-refractivity contribution in [2.75, 3.05) is 33.0 Å². The van der Waals surface area contributed by atoms with Crippen LogP contribution in [0.1, 0.15) is 57.9 Å². The molecule has 0 heterocycles. The summed E-state index contributed by atoms with van der Waals surface area (Å²) in [7, 11) is 0. The number of nitrogens with zero attached hydrogens (tertiary/aromatic N) is 1. The van der Waals surface area contributed by atoms with Crippen LogP contribution in [0.2, 0.25) is 0 Å². The van der Waals surface area contributed by atoms with Crippen LogP contribution in [0, 0.1) is 16.7 Å². The van der Waals surface area contributed by atoms with Gasteiger partial charge < -0.3 is 39.3 Å². The number of carbonyl (C=O) groups excluding carboxylic acids is 3. The normalized spacial score (nSPS) is 20.0. The van der Waals surface area contributed by atoms with E-state index >= 15 is 0 Å². The number of aliphatic hydroxyl groups is 2. The number of carbonyl (C=O) groups is 3.